The van der Waals surface area contributed by atoms with E-state index in [-0.39, 0.29) is 5.91 Å². The number of pyridine rings is 1. The van der Waals surface area contributed by atoms with Crippen LogP contribution in [0.3, 0.4) is 0 Å². The lowest BCUT2D eigenvalue weighted by atomic mass is 10.1. The largest absolute Gasteiger partial charge is 0.399 e. The highest BCUT2D eigenvalue weighted by atomic mass is 16.1. The van der Waals surface area contributed by atoms with Crippen molar-refractivity contribution in [2.24, 2.45) is 0 Å². The van der Waals surface area contributed by atoms with E-state index in [2.05, 4.69) is 25.6 Å². The Hall–Kier alpha value is -4.00. The van der Waals surface area contributed by atoms with Gasteiger partial charge in [0.2, 0.25) is 0 Å². The topological polar surface area (TPSA) is 106 Å². The molecule has 0 radical (unpaired) electrons. The maximum atomic E-state index is 12.3. The SMILES string of the molecule is Nc1ccc2ncnc(Nc3ccc(C(=O)Nc4ccccn4)cc3)c2c1. The zero-order valence-corrected chi connectivity index (χ0v) is 14.3. The fraction of sp³-hybridized carbons (Fsp3) is 0. The van der Waals surface area contributed by atoms with E-state index in [1.165, 1.54) is 6.33 Å². The van der Waals surface area contributed by atoms with E-state index in [1.54, 1.807) is 36.5 Å². The van der Waals surface area contributed by atoms with Crippen LogP contribution in [0, 0.1) is 0 Å². The highest BCUT2D eigenvalue weighted by Gasteiger charge is 2.08. The number of aromatic nitrogens is 3. The van der Waals surface area contributed by atoms with Gasteiger partial charge in [-0.2, -0.15) is 0 Å². The van der Waals surface area contributed by atoms with Gasteiger partial charge in [0, 0.05) is 28.5 Å². The van der Waals surface area contributed by atoms with Crippen molar-refractivity contribution in [3.63, 3.8) is 0 Å². The molecule has 0 atom stereocenters. The van der Waals surface area contributed by atoms with Crippen molar-refractivity contribution in [1.29, 1.82) is 0 Å². The van der Waals surface area contributed by atoms with Crippen molar-refractivity contribution >= 4 is 39.8 Å². The number of hydrogen-bond acceptors (Lipinski definition) is 6. The molecule has 0 saturated heterocycles. The number of anilines is 4. The number of carbonyl (C=O) groups excluding carboxylic acids is 1. The zero-order chi connectivity index (χ0) is 18.6. The standard InChI is InChI=1S/C20H16N6O/c21-14-6-9-17-16(11-14)19(24-12-23-17)25-15-7-4-13(5-8-15)20(27)26-18-3-1-2-10-22-18/h1-12H,21H2,(H,22,26,27)(H,23,24,25). The molecule has 2 aromatic heterocycles. The number of amides is 1. The number of carbonyl (C=O) groups is 1. The number of nitrogen functional groups attached to an aromatic ring is 1. The molecule has 2 heterocycles. The molecule has 7 nitrogen and oxygen atoms in total. The van der Waals surface area contributed by atoms with Crippen molar-refractivity contribution in [3.05, 3.63) is 78.8 Å². The monoisotopic (exact) mass is 356 g/mol. The molecule has 4 rings (SSSR count). The van der Waals surface area contributed by atoms with Crippen LogP contribution in [0.25, 0.3) is 10.9 Å². The predicted molar refractivity (Wildman–Crippen MR) is 106 cm³/mol. The molecule has 4 N–H and O–H groups in total. The van der Waals surface area contributed by atoms with Crippen molar-refractivity contribution in [2.75, 3.05) is 16.4 Å². The summed E-state index contributed by atoms with van der Waals surface area (Å²) in [5.74, 6) is 0.938. The van der Waals surface area contributed by atoms with Crippen LogP contribution < -0.4 is 16.4 Å². The highest BCUT2D eigenvalue weighted by molar-refractivity contribution is 6.04. The molecule has 0 unspecified atom stereocenters. The number of fused-ring (bicyclic) bond motifs is 1. The van der Waals surface area contributed by atoms with Crippen LogP contribution in [-0.4, -0.2) is 20.9 Å². The molecule has 4 aromatic rings. The van der Waals surface area contributed by atoms with E-state index in [0.29, 0.717) is 22.9 Å². The van der Waals surface area contributed by atoms with Crippen LogP contribution in [0.4, 0.5) is 23.0 Å². The third-order valence-corrected chi connectivity index (χ3v) is 3.98. The maximum absolute atomic E-state index is 12.3. The van der Waals surface area contributed by atoms with Crippen molar-refractivity contribution in [3.8, 4) is 0 Å². The van der Waals surface area contributed by atoms with E-state index < -0.39 is 0 Å². The lowest BCUT2D eigenvalue weighted by Crippen LogP contribution is -2.12. The summed E-state index contributed by atoms with van der Waals surface area (Å²) in [5.41, 5.74) is 8.64. The number of hydrogen-bond donors (Lipinski definition) is 3. The maximum Gasteiger partial charge on any atom is 0.256 e. The minimum absolute atomic E-state index is 0.222. The summed E-state index contributed by atoms with van der Waals surface area (Å²) in [4.78, 5) is 24.9. The van der Waals surface area contributed by atoms with Gasteiger partial charge in [-0.05, 0) is 54.6 Å². The Balaban J connectivity index is 1.53. The smallest absolute Gasteiger partial charge is 0.256 e. The van der Waals surface area contributed by atoms with Crippen molar-refractivity contribution < 1.29 is 4.79 Å². The summed E-state index contributed by atoms with van der Waals surface area (Å²) in [6.45, 7) is 0. The van der Waals surface area contributed by atoms with Crippen molar-refractivity contribution in [2.45, 2.75) is 0 Å². The first-order valence-corrected chi connectivity index (χ1v) is 8.29. The minimum Gasteiger partial charge on any atom is -0.399 e. The Bertz CT molecular complexity index is 1100. The summed E-state index contributed by atoms with van der Waals surface area (Å²) < 4.78 is 0. The number of nitrogens with zero attached hydrogens (tertiary/aromatic N) is 3. The normalized spacial score (nSPS) is 10.5. The second-order valence-electron chi connectivity index (χ2n) is 5.87. The first-order valence-electron chi connectivity index (χ1n) is 8.29. The third-order valence-electron chi connectivity index (χ3n) is 3.98. The number of benzene rings is 2. The molecule has 7 heteroatoms. The van der Waals surface area contributed by atoms with Gasteiger partial charge in [-0.15, -0.1) is 0 Å². The van der Waals surface area contributed by atoms with Gasteiger partial charge in [-0.25, -0.2) is 15.0 Å². The fourth-order valence-electron chi connectivity index (χ4n) is 2.64. The molecule has 0 aliphatic heterocycles. The van der Waals surface area contributed by atoms with Gasteiger partial charge in [-0.1, -0.05) is 6.07 Å². The molecule has 27 heavy (non-hydrogen) atoms. The van der Waals surface area contributed by atoms with Crippen LogP contribution >= 0.6 is 0 Å². The molecular formula is C20H16N6O. The summed E-state index contributed by atoms with van der Waals surface area (Å²) in [5, 5.41) is 6.82. The van der Waals surface area contributed by atoms with Gasteiger partial charge in [0.25, 0.3) is 5.91 Å². The molecule has 2 aromatic carbocycles. The van der Waals surface area contributed by atoms with Crippen molar-refractivity contribution in [1.82, 2.24) is 15.0 Å². The van der Waals surface area contributed by atoms with Crippen LogP contribution in [0.1, 0.15) is 10.4 Å². The highest BCUT2D eigenvalue weighted by Crippen LogP contribution is 2.25. The van der Waals surface area contributed by atoms with Gasteiger partial charge in [0.15, 0.2) is 0 Å². The first-order chi connectivity index (χ1) is 13.2. The van der Waals surface area contributed by atoms with E-state index in [4.69, 9.17) is 5.73 Å². The van der Waals surface area contributed by atoms with Gasteiger partial charge < -0.3 is 16.4 Å². The summed E-state index contributed by atoms with van der Waals surface area (Å²) in [7, 11) is 0. The quantitative estimate of drug-likeness (QED) is 0.482. The molecule has 0 aliphatic rings. The number of rotatable bonds is 4. The van der Waals surface area contributed by atoms with Gasteiger partial charge in [0.1, 0.15) is 18.0 Å². The molecule has 0 spiro atoms. The van der Waals surface area contributed by atoms with Crippen LogP contribution in [-0.2, 0) is 0 Å². The Morgan fingerprint density at radius 1 is 0.926 bits per heavy atom. The van der Waals surface area contributed by atoms with Crippen LogP contribution in [0.15, 0.2) is 73.2 Å². The number of nitrogens with one attached hydrogen (secondary N) is 2. The average Bonchev–Trinajstić information content (AvgIpc) is 2.70. The lowest BCUT2D eigenvalue weighted by molar-refractivity contribution is 0.102. The predicted octanol–water partition coefficient (Wildman–Crippen LogP) is 3.60. The second-order valence-corrected chi connectivity index (χ2v) is 5.87. The first kappa shape index (κ1) is 16.5. The Kier molecular flexibility index (Phi) is 4.32. The Labute approximate surface area is 155 Å². The summed E-state index contributed by atoms with van der Waals surface area (Å²) in [6, 6.07) is 17.9. The van der Waals surface area contributed by atoms with E-state index >= 15 is 0 Å². The molecule has 0 fully saturated rings. The molecule has 1 amide bonds. The lowest BCUT2D eigenvalue weighted by Gasteiger charge is -2.10. The van der Waals surface area contributed by atoms with Crippen LogP contribution in [0.2, 0.25) is 0 Å². The summed E-state index contributed by atoms with van der Waals surface area (Å²) in [6.07, 6.45) is 3.12. The summed E-state index contributed by atoms with van der Waals surface area (Å²) >= 11 is 0. The Morgan fingerprint density at radius 2 is 1.78 bits per heavy atom. The fourth-order valence-corrected chi connectivity index (χ4v) is 2.64. The van der Waals surface area contributed by atoms with Gasteiger partial charge in [-0.3, -0.25) is 4.79 Å². The van der Waals surface area contributed by atoms with E-state index in [1.807, 2.05) is 30.3 Å². The minimum atomic E-state index is -0.222. The van der Waals surface area contributed by atoms with Gasteiger partial charge in [0.05, 0.1) is 5.52 Å². The average molecular weight is 356 g/mol. The third kappa shape index (κ3) is 3.67. The second kappa shape index (κ2) is 7.09. The van der Waals surface area contributed by atoms with Crippen LogP contribution in [0.5, 0.6) is 0 Å². The molecule has 132 valence electrons. The Morgan fingerprint density at radius 3 is 2.56 bits per heavy atom. The van der Waals surface area contributed by atoms with E-state index in [9.17, 15) is 4.79 Å². The zero-order valence-electron chi connectivity index (χ0n) is 14.3. The molecule has 0 aliphatic carbocycles. The molecular weight excluding hydrogens is 340 g/mol. The van der Waals surface area contributed by atoms with Gasteiger partial charge >= 0.3 is 0 Å². The van der Waals surface area contributed by atoms with E-state index in [0.717, 1.165) is 16.6 Å². The molecule has 0 saturated carbocycles. The number of nitrogens with two attached hydrogens (primary N) is 1. The molecule has 0 bridgehead atoms.